The lowest BCUT2D eigenvalue weighted by Crippen LogP contribution is -2.27. The van der Waals surface area contributed by atoms with Gasteiger partial charge in [-0.15, -0.1) is 0 Å². The van der Waals surface area contributed by atoms with E-state index >= 15 is 0 Å². The largest absolute Gasteiger partial charge is 0.478 e. The molecule has 2 aromatic carbocycles. The molecule has 28 heavy (non-hydrogen) atoms. The highest BCUT2D eigenvalue weighted by molar-refractivity contribution is 8.27. The molecule has 0 aliphatic carbocycles. The standard InChI is InChI=1S/C19H12N4O3S2/c24-17-16(9-12-1-5-14(6-2-12)22-11-20-10-21-22)28-19(27)23(17)15-7-3-13(4-8-15)18(25)26/h1-11H,(H,25,26)/b16-9+. The van der Waals surface area contributed by atoms with Crippen LogP contribution in [0.25, 0.3) is 11.8 Å². The first-order valence-electron chi connectivity index (χ1n) is 8.09. The summed E-state index contributed by atoms with van der Waals surface area (Å²) in [4.78, 5) is 29.6. The van der Waals surface area contributed by atoms with Gasteiger partial charge in [0.1, 0.15) is 12.7 Å². The number of aromatic nitrogens is 3. The van der Waals surface area contributed by atoms with Crippen LogP contribution >= 0.6 is 24.0 Å². The van der Waals surface area contributed by atoms with Gasteiger partial charge < -0.3 is 5.11 Å². The fourth-order valence-electron chi connectivity index (χ4n) is 2.66. The van der Waals surface area contributed by atoms with Crippen molar-refractivity contribution < 1.29 is 14.7 Å². The third kappa shape index (κ3) is 3.45. The molecule has 138 valence electrons. The molecule has 4 rings (SSSR count). The molecular formula is C19H12N4O3S2. The Kier molecular flexibility index (Phi) is 4.76. The third-order valence-corrected chi connectivity index (χ3v) is 5.34. The quantitative estimate of drug-likeness (QED) is 0.523. The second kappa shape index (κ2) is 7.37. The summed E-state index contributed by atoms with van der Waals surface area (Å²) >= 11 is 6.55. The maximum Gasteiger partial charge on any atom is 0.335 e. The number of aromatic carboxylic acids is 1. The molecular weight excluding hydrogens is 396 g/mol. The predicted octanol–water partition coefficient (Wildman–Crippen LogP) is 3.37. The van der Waals surface area contributed by atoms with Crippen LogP contribution in [0, 0.1) is 0 Å². The van der Waals surface area contributed by atoms with Gasteiger partial charge in [0.25, 0.3) is 5.91 Å². The Morgan fingerprint density at radius 1 is 1.07 bits per heavy atom. The maximum atomic E-state index is 12.8. The predicted molar refractivity (Wildman–Crippen MR) is 110 cm³/mol. The highest BCUT2D eigenvalue weighted by atomic mass is 32.2. The summed E-state index contributed by atoms with van der Waals surface area (Å²) in [6, 6.07) is 13.6. The van der Waals surface area contributed by atoms with Crippen LogP contribution in [-0.2, 0) is 4.79 Å². The molecule has 0 bridgehead atoms. The number of anilines is 1. The molecule has 9 heteroatoms. The molecule has 3 aromatic rings. The zero-order valence-electron chi connectivity index (χ0n) is 14.2. The average molecular weight is 408 g/mol. The lowest BCUT2D eigenvalue weighted by atomic mass is 10.1. The van der Waals surface area contributed by atoms with Crippen LogP contribution in [0.15, 0.2) is 66.1 Å². The van der Waals surface area contributed by atoms with E-state index in [9.17, 15) is 9.59 Å². The van der Waals surface area contributed by atoms with Crippen molar-refractivity contribution in [2.24, 2.45) is 0 Å². The molecule has 0 atom stereocenters. The second-order valence-corrected chi connectivity index (χ2v) is 7.48. The van der Waals surface area contributed by atoms with Crippen molar-refractivity contribution in [3.63, 3.8) is 0 Å². The summed E-state index contributed by atoms with van der Waals surface area (Å²) in [5.41, 5.74) is 2.40. The van der Waals surface area contributed by atoms with E-state index in [2.05, 4.69) is 10.1 Å². The van der Waals surface area contributed by atoms with E-state index in [-0.39, 0.29) is 11.5 Å². The van der Waals surface area contributed by atoms with Gasteiger partial charge >= 0.3 is 5.97 Å². The molecule has 2 heterocycles. The van der Waals surface area contributed by atoms with Gasteiger partial charge in [-0.1, -0.05) is 36.1 Å². The Hall–Kier alpha value is -3.30. The summed E-state index contributed by atoms with van der Waals surface area (Å²) < 4.78 is 2.04. The smallest absolute Gasteiger partial charge is 0.335 e. The molecule has 7 nitrogen and oxygen atoms in total. The van der Waals surface area contributed by atoms with Gasteiger partial charge in [-0.05, 0) is 48.0 Å². The van der Waals surface area contributed by atoms with Crippen molar-refractivity contribution in [2.45, 2.75) is 0 Å². The summed E-state index contributed by atoms with van der Waals surface area (Å²) in [5.74, 6) is -1.26. The Morgan fingerprint density at radius 3 is 2.36 bits per heavy atom. The number of thiocarbonyl (C=S) groups is 1. The van der Waals surface area contributed by atoms with Crippen molar-refractivity contribution in [3.05, 3.63) is 77.2 Å². The van der Waals surface area contributed by atoms with Crippen LogP contribution < -0.4 is 4.90 Å². The van der Waals surface area contributed by atoms with Crippen LogP contribution in [0.1, 0.15) is 15.9 Å². The monoisotopic (exact) mass is 408 g/mol. The minimum Gasteiger partial charge on any atom is -0.478 e. The van der Waals surface area contributed by atoms with E-state index in [0.717, 1.165) is 11.3 Å². The van der Waals surface area contributed by atoms with Crippen LogP contribution in [0.5, 0.6) is 0 Å². The van der Waals surface area contributed by atoms with Crippen molar-refractivity contribution in [1.82, 2.24) is 14.8 Å². The summed E-state index contributed by atoms with van der Waals surface area (Å²) in [6.07, 6.45) is 4.84. The number of nitrogens with zero attached hydrogens (tertiary/aromatic N) is 4. The number of hydrogen-bond donors (Lipinski definition) is 1. The molecule has 1 amide bonds. The Labute approximate surface area is 169 Å². The zero-order valence-corrected chi connectivity index (χ0v) is 15.9. The molecule has 0 spiro atoms. The number of carbonyl (C=O) groups is 2. The number of carbonyl (C=O) groups excluding carboxylic acids is 1. The number of carboxylic acids is 1. The highest BCUT2D eigenvalue weighted by Crippen LogP contribution is 2.36. The lowest BCUT2D eigenvalue weighted by Gasteiger charge is -2.14. The fraction of sp³-hybridized carbons (Fsp3) is 0. The fourth-order valence-corrected chi connectivity index (χ4v) is 3.96. The minimum absolute atomic E-state index is 0.150. The van der Waals surface area contributed by atoms with E-state index < -0.39 is 5.97 Å². The van der Waals surface area contributed by atoms with Gasteiger partial charge in [-0.25, -0.2) is 14.5 Å². The number of thioether (sulfide) groups is 1. The molecule has 1 aliphatic heterocycles. The number of carboxylic acid groups (broad SMARTS) is 1. The van der Waals surface area contributed by atoms with Gasteiger partial charge in [0.05, 0.1) is 21.8 Å². The normalized spacial score (nSPS) is 15.4. The first kappa shape index (κ1) is 18.1. The molecule has 1 saturated heterocycles. The molecule has 1 aliphatic rings. The summed E-state index contributed by atoms with van der Waals surface area (Å²) in [6.45, 7) is 0. The number of benzene rings is 2. The first-order chi connectivity index (χ1) is 13.5. The van der Waals surface area contributed by atoms with E-state index in [0.29, 0.717) is 14.9 Å². The van der Waals surface area contributed by atoms with Gasteiger partial charge in [0.15, 0.2) is 4.32 Å². The van der Waals surface area contributed by atoms with E-state index in [4.69, 9.17) is 17.3 Å². The number of hydrogen-bond acceptors (Lipinski definition) is 6. The maximum absolute atomic E-state index is 12.8. The Morgan fingerprint density at radius 2 is 1.75 bits per heavy atom. The van der Waals surface area contributed by atoms with Crippen LogP contribution in [-0.4, -0.2) is 36.1 Å². The van der Waals surface area contributed by atoms with E-state index in [1.54, 1.807) is 29.2 Å². The average Bonchev–Trinajstić information content (AvgIpc) is 3.31. The van der Waals surface area contributed by atoms with E-state index in [1.165, 1.54) is 35.1 Å². The zero-order chi connectivity index (χ0) is 19.7. The molecule has 0 saturated carbocycles. The minimum atomic E-state index is -1.02. The summed E-state index contributed by atoms with van der Waals surface area (Å²) in [7, 11) is 0. The summed E-state index contributed by atoms with van der Waals surface area (Å²) in [5, 5.41) is 13.1. The van der Waals surface area contributed by atoms with Crippen molar-refractivity contribution in [2.75, 3.05) is 4.90 Å². The van der Waals surface area contributed by atoms with Crippen LogP contribution in [0.3, 0.4) is 0 Å². The first-order valence-corrected chi connectivity index (χ1v) is 9.32. The third-order valence-electron chi connectivity index (χ3n) is 4.04. The van der Waals surface area contributed by atoms with Gasteiger partial charge in [0, 0.05) is 0 Å². The number of rotatable bonds is 4. The second-order valence-electron chi connectivity index (χ2n) is 5.80. The molecule has 1 N–H and O–H groups in total. The molecule has 1 fully saturated rings. The number of amides is 1. The van der Waals surface area contributed by atoms with Crippen molar-refractivity contribution in [1.29, 1.82) is 0 Å². The van der Waals surface area contributed by atoms with E-state index in [1.807, 2.05) is 24.3 Å². The molecule has 0 unspecified atom stereocenters. The van der Waals surface area contributed by atoms with Gasteiger partial charge in [-0.3, -0.25) is 9.69 Å². The topological polar surface area (TPSA) is 88.3 Å². The van der Waals surface area contributed by atoms with Crippen LogP contribution in [0.2, 0.25) is 0 Å². The molecule has 0 radical (unpaired) electrons. The van der Waals surface area contributed by atoms with Crippen LogP contribution in [0.4, 0.5) is 5.69 Å². The van der Waals surface area contributed by atoms with Crippen molar-refractivity contribution >= 4 is 51.9 Å². The lowest BCUT2D eigenvalue weighted by molar-refractivity contribution is -0.113. The Bertz CT molecular complexity index is 1090. The molecule has 1 aromatic heterocycles. The van der Waals surface area contributed by atoms with Crippen molar-refractivity contribution in [3.8, 4) is 5.69 Å². The van der Waals surface area contributed by atoms with Gasteiger partial charge in [-0.2, -0.15) is 5.10 Å². The Balaban J connectivity index is 1.57. The SMILES string of the molecule is O=C(O)c1ccc(N2C(=O)/C(=C\c3ccc(-n4cncn4)cc3)SC2=S)cc1. The van der Waals surface area contributed by atoms with Gasteiger partial charge in [0.2, 0.25) is 0 Å². The highest BCUT2D eigenvalue weighted by Gasteiger charge is 2.33.